The highest BCUT2D eigenvalue weighted by Gasteiger charge is 2.11. The Morgan fingerprint density at radius 1 is 1.16 bits per heavy atom. The highest BCUT2D eigenvalue weighted by Crippen LogP contribution is 2.17. The molecule has 172 valence electrons. The first kappa shape index (κ1) is 25.4. The average molecular weight is 546 g/mol. The smallest absolute Gasteiger partial charge is 0.191 e. The molecule has 1 aliphatic heterocycles. The van der Waals surface area contributed by atoms with Crippen LogP contribution in [0.2, 0.25) is 0 Å². The molecule has 0 amide bonds. The first-order valence-corrected chi connectivity index (χ1v) is 10.5. The summed E-state index contributed by atoms with van der Waals surface area (Å²) in [5, 5.41) is 6.71. The summed E-state index contributed by atoms with van der Waals surface area (Å²) >= 11 is 0. The number of hydrogen-bond acceptors (Lipinski definition) is 5. The molecule has 0 radical (unpaired) electrons. The van der Waals surface area contributed by atoms with Gasteiger partial charge in [-0.1, -0.05) is 12.1 Å². The number of para-hydroxylation sites is 1. The van der Waals surface area contributed by atoms with Crippen LogP contribution < -0.4 is 15.4 Å². The molecule has 9 heteroatoms. The molecule has 1 unspecified atom stereocenters. The number of nitrogens with one attached hydrogen (secondary N) is 2. The summed E-state index contributed by atoms with van der Waals surface area (Å²) in [6, 6.07) is 10.2. The molecule has 2 aromatic rings. The molecule has 2 heterocycles. The van der Waals surface area contributed by atoms with Crippen LogP contribution in [0.25, 0.3) is 0 Å². The molecule has 31 heavy (non-hydrogen) atoms. The Hall–Kier alpha value is -1.85. The van der Waals surface area contributed by atoms with Gasteiger partial charge >= 0.3 is 0 Å². The van der Waals surface area contributed by atoms with E-state index in [4.69, 9.17) is 13.9 Å². The molecule has 7 nitrogen and oxygen atoms in total. The Balaban J connectivity index is 0.00000341. The number of halogens is 2. The van der Waals surface area contributed by atoms with Gasteiger partial charge in [-0.25, -0.2) is 9.38 Å². The molecule has 0 bridgehead atoms. The van der Waals surface area contributed by atoms with Gasteiger partial charge in [0.05, 0.1) is 26.0 Å². The van der Waals surface area contributed by atoms with Crippen LogP contribution in [0.4, 0.5) is 4.39 Å². The molecule has 0 spiro atoms. The maximum Gasteiger partial charge on any atom is 0.191 e. The zero-order valence-electron chi connectivity index (χ0n) is 17.9. The Bertz CT molecular complexity index is 770. The van der Waals surface area contributed by atoms with E-state index in [1.807, 2.05) is 19.1 Å². The van der Waals surface area contributed by atoms with Crippen molar-refractivity contribution in [3.05, 3.63) is 54.2 Å². The largest absolute Gasteiger partial charge is 0.486 e. The zero-order valence-corrected chi connectivity index (χ0v) is 20.2. The molecule has 1 fully saturated rings. The summed E-state index contributed by atoms with van der Waals surface area (Å²) in [5.41, 5.74) is 0. The van der Waals surface area contributed by atoms with Crippen molar-refractivity contribution < 1.29 is 18.3 Å². The Kier molecular flexibility index (Phi) is 11.7. The van der Waals surface area contributed by atoms with Gasteiger partial charge in [0.2, 0.25) is 0 Å². The van der Waals surface area contributed by atoms with Gasteiger partial charge in [-0.2, -0.15) is 0 Å². The van der Waals surface area contributed by atoms with E-state index in [2.05, 4.69) is 20.5 Å². The minimum atomic E-state index is -0.367. The lowest BCUT2D eigenvalue weighted by Crippen LogP contribution is -2.45. The van der Waals surface area contributed by atoms with Gasteiger partial charge in [0.15, 0.2) is 17.5 Å². The molecule has 0 aliphatic carbocycles. The molecule has 1 saturated heterocycles. The summed E-state index contributed by atoms with van der Waals surface area (Å²) in [6.07, 6.45) is 2.18. The van der Waals surface area contributed by atoms with Crippen LogP contribution in [0.3, 0.4) is 0 Å². The minimum Gasteiger partial charge on any atom is -0.486 e. The zero-order chi connectivity index (χ0) is 21.0. The number of aliphatic imine (C=N–C) groups is 1. The Labute approximate surface area is 200 Å². The van der Waals surface area contributed by atoms with Crippen molar-refractivity contribution in [2.75, 3.05) is 52.5 Å². The predicted molar refractivity (Wildman–Crippen MR) is 130 cm³/mol. The van der Waals surface area contributed by atoms with Gasteiger partial charge in [-0.05, 0) is 31.2 Å². The van der Waals surface area contributed by atoms with E-state index in [1.165, 1.54) is 6.07 Å². The second kappa shape index (κ2) is 14.3. The number of benzene rings is 1. The topological polar surface area (TPSA) is 71.3 Å². The number of guanidine groups is 1. The summed E-state index contributed by atoms with van der Waals surface area (Å²) in [5.74, 6) is 1.51. The Morgan fingerprint density at radius 3 is 2.68 bits per heavy atom. The van der Waals surface area contributed by atoms with Crippen LogP contribution in [0.5, 0.6) is 5.75 Å². The van der Waals surface area contributed by atoms with Crippen molar-refractivity contribution >= 4 is 29.9 Å². The van der Waals surface area contributed by atoms with Crippen LogP contribution in [0, 0.1) is 5.82 Å². The molecule has 0 saturated carbocycles. The van der Waals surface area contributed by atoms with Crippen molar-refractivity contribution in [2.45, 2.75) is 19.4 Å². The maximum atomic E-state index is 13.8. The molecular weight excluding hydrogens is 514 g/mol. The monoisotopic (exact) mass is 546 g/mol. The van der Waals surface area contributed by atoms with Crippen molar-refractivity contribution in [1.29, 1.82) is 0 Å². The molecular formula is C22H32FIN4O3. The van der Waals surface area contributed by atoms with E-state index in [9.17, 15) is 4.39 Å². The van der Waals surface area contributed by atoms with E-state index >= 15 is 0 Å². The third-order valence-corrected chi connectivity index (χ3v) is 4.74. The fourth-order valence-electron chi connectivity index (χ4n) is 3.10. The average Bonchev–Trinajstić information content (AvgIpc) is 3.27. The third-order valence-electron chi connectivity index (χ3n) is 4.74. The maximum absolute atomic E-state index is 13.8. The predicted octanol–water partition coefficient (Wildman–Crippen LogP) is 2.91. The van der Waals surface area contributed by atoms with Crippen molar-refractivity contribution in [2.24, 2.45) is 4.99 Å². The summed E-state index contributed by atoms with van der Waals surface area (Å²) in [6.45, 7) is 8.14. The van der Waals surface area contributed by atoms with E-state index in [0.29, 0.717) is 19.0 Å². The fraction of sp³-hybridized carbons (Fsp3) is 0.500. The summed E-state index contributed by atoms with van der Waals surface area (Å²) < 4.78 is 30.2. The van der Waals surface area contributed by atoms with E-state index in [1.54, 1.807) is 24.5 Å². The normalized spacial score (nSPS) is 15.7. The van der Waals surface area contributed by atoms with Gasteiger partial charge < -0.3 is 24.5 Å². The van der Waals surface area contributed by atoms with Gasteiger partial charge in [0.25, 0.3) is 0 Å². The van der Waals surface area contributed by atoms with E-state index in [0.717, 1.165) is 51.6 Å². The van der Waals surface area contributed by atoms with Gasteiger partial charge in [-0.3, -0.25) is 4.90 Å². The molecule has 1 aromatic carbocycles. The molecule has 1 aromatic heterocycles. The minimum absolute atomic E-state index is 0. The summed E-state index contributed by atoms with van der Waals surface area (Å²) in [4.78, 5) is 6.99. The summed E-state index contributed by atoms with van der Waals surface area (Å²) in [7, 11) is 0. The molecule has 3 rings (SSSR count). The quantitative estimate of drug-likeness (QED) is 0.272. The van der Waals surface area contributed by atoms with Crippen LogP contribution in [0.15, 0.2) is 52.1 Å². The van der Waals surface area contributed by atoms with Crippen molar-refractivity contribution in [3.63, 3.8) is 0 Å². The number of furan rings is 1. The first-order chi connectivity index (χ1) is 14.7. The molecule has 2 N–H and O–H groups in total. The fourth-order valence-corrected chi connectivity index (χ4v) is 3.10. The molecule has 1 aliphatic rings. The van der Waals surface area contributed by atoms with Crippen LogP contribution in [0.1, 0.15) is 12.7 Å². The lowest BCUT2D eigenvalue weighted by molar-refractivity contribution is 0.0389. The lowest BCUT2D eigenvalue weighted by atomic mass is 10.3. The number of rotatable bonds is 10. The highest BCUT2D eigenvalue weighted by atomic mass is 127. The van der Waals surface area contributed by atoms with E-state index < -0.39 is 0 Å². The SMILES string of the molecule is CC(CN=C(NCCc1ccco1)NCCN1CCOCC1)Oc1ccccc1F.I. The number of hydrogen-bond donors (Lipinski definition) is 2. The van der Waals surface area contributed by atoms with Gasteiger partial charge in [-0.15, -0.1) is 24.0 Å². The second-order valence-corrected chi connectivity index (χ2v) is 7.19. The number of ether oxygens (including phenoxy) is 2. The molecule has 1 atom stereocenters. The van der Waals surface area contributed by atoms with Crippen molar-refractivity contribution in [3.8, 4) is 5.75 Å². The van der Waals surface area contributed by atoms with Crippen molar-refractivity contribution in [1.82, 2.24) is 15.5 Å². The van der Waals surface area contributed by atoms with Gasteiger partial charge in [0.1, 0.15) is 11.9 Å². The third kappa shape index (κ3) is 9.44. The van der Waals surface area contributed by atoms with Crippen LogP contribution in [-0.4, -0.2) is 69.4 Å². The van der Waals surface area contributed by atoms with Crippen LogP contribution in [-0.2, 0) is 11.2 Å². The standard InChI is InChI=1S/C22H31FN4O3.HI/c1-18(30-21-7-3-2-6-20(21)23)17-26-22(24-9-8-19-5-4-14-29-19)25-10-11-27-12-15-28-16-13-27;/h2-7,14,18H,8-13,15-17H2,1H3,(H2,24,25,26);1H. The Morgan fingerprint density at radius 2 is 1.94 bits per heavy atom. The van der Waals surface area contributed by atoms with E-state index in [-0.39, 0.29) is 41.6 Å². The first-order valence-electron chi connectivity index (χ1n) is 10.5. The number of nitrogens with zero attached hydrogens (tertiary/aromatic N) is 2. The highest BCUT2D eigenvalue weighted by molar-refractivity contribution is 14.0. The number of morpholine rings is 1. The van der Waals surface area contributed by atoms with Crippen LogP contribution >= 0.6 is 24.0 Å². The lowest BCUT2D eigenvalue weighted by Gasteiger charge is -2.26. The van der Waals surface area contributed by atoms with Gasteiger partial charge in [0, 0.05) is 39.1 Å². The second-order valence-electron chi connectivity index (χ2n) is 7.19.